The van der Waals surface area contributed by atoms with E-state index in [0.717, 1.165) is 10.9 Å². The van der Waals surface area contributed by atoms with Crippen molar-refractivity contribution in [1.29, 1.82) is 0 Å². The minimum absolute atomic E-state index is 0.0536. The number of rotatable bonds is 4. The van der Waals surface area contributed by atoms with Crippen LogP contribution in [0.1, 0.15) is 0 Å². The van der Waals surface area contributed by atoms with Gasteiger partial charge in [0.05, 0.1) is 12.0 Å². The van der Waals surface area contributed by atoms with Crippen LogP contribution in [0.4, 0.5) is 0 Å². The number of ether oxygens (including phenoxy) is 1. The molecule has 3 rings (SSSR count). The highest BCUT2D eigenvalue weighted by molar-refractivity contribution is 9.09. The Hall–Kier alpha value is -2.07. The molecule has 106 valence electrons. The Morgan fingerprint density at radius 1 is 1.05 bits per heavy atom. The fourth-order valence-electron chi connectivity index (χ4n) is 2.13. The fraction of sp³-hybridized carbons (Fsp3) is 0.118. The molecule has 0 aliphatic carbocycles. The van der Waals surface area contributed by atoms with E-state index in [9.17, 15) is 4.79 Å². The van der Waals surface area contributed by atoms with Gasteiger partial charge in [-0.25, -0.2) is 0 Å². The zero-order valence-electron chi connectivity index (χ0n) is 11.2. The van der Waals surface area contributed by atoms with E-state index < -0.39 is 0 Å². The van der Waals surface area contributed by atoms with Gasteiger partial charge in [-0.15, -0.1) is 0 Å². The molecule has 0 amide bonds. The maximum atomic E-state index is 12.2. The van der Waals surface area contributed by atoms with E-state index >= 15 is 0 Å². The topological polar surface area (TPSA) is 39.4 Å². The molecule has 0 saturated carbocycles. The van der Waals surface area contributed by atoms with Gasteiger partial charge in [-0.1, -0.05) is 46.3 Å². The lowest BCUT2D eigenvalue weighted by Gasteiger charge is -2.06. The Bertz CT molecular complexity index is 809. The normalized spacial score (nSPS) is 10.7. The first-order valence-corrected chi connectivity index (χ1v) is 7.72. The van der Waals surface area contributed by atoms with E-state index in [4.69, 9.17) is 9.15 Å². The number of hydrogen-bond acceptors (Lipinski definition) is 3. The van der Waals surface area contributed by atoms with Crippen molar-refractivity contribution in [2.45, 2.75) is 0 Å². The summed E-state index contributed by atoms with van der Waals surface area (Å²) in [7, 11) is 0. The molecule has 0 N–H and O–H groups in total. The van der Waals surface area contributed by atoms with Crippen LogP contribution in [0.25, 0.3) is 22.3 Å². The van der Waals surface area contributed by atoms with Crippen LogP contribution in [0, 0.1) is 0 Å². The summed E-state index contributed by atoms with van der Waals surface area (Å²) in [5.41, 5.74) is 1.36. The molecule has 0 radical (unpaired) electrons. The van der Waals surface area contributed by atoms with Gasteiger partial charge >= 0.3 is 0 Å². The molecule has 0 unspecified atom stereocenters. The molecule has 1 heterocycles. The molecule has 2 aromatic carbocycles. The van der Waals surface area contributed by atoms with Crippen LogP contribution < -0.4 is 10.2 Å². The molecule has 0 bridgehead atoms. The van der Waals surface area contributed by atoms with Gasteiger partial charge in [-0.05, 0) is 12.1 Å². The second-order valence-corrected chi connectivity index (χ2v) is 5.33. The number of hydrogen-bond donors (Lipinski definition) is 0. The van der Waals surface area contributed by atoms with Gasteiger partial charge in [0, 0.05) is 23.0 Å². The molecule has 21 heavy (non-hydrogen) atoms. The lowest BCUT2D eigenvalue weighted by atomic mass is 10.1. The highest BCUT2D eigenvalue weighted by atomic mass is 79.9. The Kier molecular flexibility index (Phi) is 4.06. The van der Waals surface area contributed by atoms with Crippen molar-refractivity contribution in [3.05, 3.63) is 64.8 Å². The van der Waals surface area contributed by atoms with E-state index in [0.29, 0.717) is 29.1 Å². The van der Waals surface area contributed by atoms with Crippen molar-refractivity contribution in [3.8, 4) is 17.1 Å². The second kappa shape index (κ2) is 6.14. The molecule has 3 nitrogen and oxygen atoms in total. The van der Waals surface area contributed by atoms with E-state index in [1.807, 2.05) is 30.3 Å². The maximum absolute atomic E-state index is 12.2. The third-order valence-electron chi connectivity index (χ3n) is 3.10. The van der Waals surface area contributed by atoms with Crippen LogP contribution in [-0.4, -0.2) is 11.9 Å². The maximum Gasteiger partial charge on any atom is 0.193 e. The van der Waals surface area contributed by atoms with Gasteiger partial charge in [-0.2, -0.15) is 0 Å². The number of halogens is 1. The molecule has 0 aliphatic rings. The zero-order valence-corrected chi connectivity index (χ0v) is 12.8. The Morgan fingerprint density at radius 3 is 2.62 bits per heavy atom. The van der Waals surface area contributed by atoms with Crippen LogP contribution in [0.15, 0.2) is 63.8 Å². The molecule has 1 aromatic heterocycles. The molecular weight excluding hydrogens is 332 g/mol. The summed E-state index contributed by atoms with van der Waals surface area (Å²) in [4.78, 5) is 12.2. The van der Waals surface area contributed by atoms with Gasteiger partial charge in [0.15, 0.2) is 5.43 Å². The van der Waals surface area contributed by atoms with Crippen LogP contribution in [0.3, 0.4) is 0 Å². The predicted molar refractivity (Wildman–Crippen MR) is 87.2 cm³/mol. The molecular formula is C17H13BrO3. The summed E-state index contributed by atoms with van der Waals surface area (Å²) in [6.07, 6.45) is 0. The van der Waals surface area contributed by atoms with E-state index in [-0.39, 0.29) is 5.43 Å². The first kappa shape index (κ1) is 13.9. The molecule has 0 fully saturated rings. The van der Waals surface area contributed by atoms with Gasteiger partial charge in [-0.3, -0.25) is 4.79 Å². The van der Waals surface area contributed by atoms with Crippen LogP contribution in [0.5, 0.6) is 5.75 Å². The average Bonchev–Trinajstić information content (AvgIpc) is 2.53. The lowest BCUT2D eigenvalue weighted by Crippen LogP contribution is -2.02. The van der Waals surface area contributed by atoms with Crippen molar-refractivity contribution in [2.75, 3.05) is 11.9 Å². The Labute approximate surface area is 130 Å². The summed E-state index contributed by atoms with van der Waals surface area (Å²) in [6.45, 7) is 0.564. The van der Waals surface area contributed by atoms with E-state index in [2.05, 4.69) is 15.9 Å². The third-order valence-corrected chi connectivity index (χ3v) is 3.43. The zero-order chi connectivity index (χ0) is 14.7. The standard InChI is InChI=1S/C17H13BrO3/c18-8-9-20-13-6-7-14-15(19)11-16(21-17(14)10-13)12-4-2-1-3-5-12/h1-7,10-11H,8-9H2. The monoisotopic (exact) mass is 344 g/mol. The first-order chi connectivity index (χ1) is 10.3. The van der Waals surface area contributed by atoms with Crippen molar-refractivity contribution in [3.63, 3.8) is 0 Å². The summed E-state index contributed by atoms with van der Waals surface area (Å²) in [5, 5.41) is 1.31. The van der Waals surface area contributed by atoms with Crippen molar-refractivity contribution in [2.24, 2.45) is 0 Å². The molecule has 0 saturated heterocycles. The van der Waals surface area contributed by atoms with E-state index in [1.165, 1.54) is 6.07 Å². The highest BCUT2D eigenvalue weighted by Gasteiger charge is 2.07. The third kappa shape index (κ3) is 3.00. The fourth-order valence-corrected chi connectivity index (χ4v) is 2.29. The number of fused-ring (bicyclic) bond motifs is 1. The Balaban J connectivity index is 2.10. The summed E-state index contributed by atoms with van der Waals surface area (Å²) >= 11 is 3.31. The number of benzene rings is 2. The molecule has 0 atom stereocenters. The molecule has 0 aliphatic heterocycles. The SMILES string of the molecule is O=c1cc(-c2ccccc2)oc2cc(OCCBr)ccc12. The smallest absolute Gasteiger partial charge is 0.193 e. The summed E-state index contributed by atoms with van der Waals surface area (Å²) in [6, 6.07) is 16.4. The van der Waals surface area contributed by atoms with Crippen molar-refractivity contribution in [1.82, 2.24) is 0 Å². The van der Waals surface area contributed by atoms with Gasteiger partial charge in [0.2, 0.25) is 0 Å². The summed E-state index contributed by atoms with van der Waals surface area (Å²) < 4.78 is 11.4. The van der Waals surface area contributed by atoms with Crippen LogP contribution in [0.2, 0.25) is 0 Å². The van der Waals surface area contributed by atoms with Crippen molar-refractivity contribution < 1.29 is 9.15 Å². The number of alkyl halides is 1. The Morgan fingerprint density at radius 2 is 1.86 bits per heavy atom. The van der Waals surface area contributed by atoms with Crippen LogP contribution in [-0.2, 0) is 0 Å². The predicted octanol–water partition coefficient (Wildman–Crippen LogP) is 4.23. The molecule has 0 spiro atoms. The van der Waals surface area contributed by atoms with E-state index in [1.54, 1.807) is 18.2 Å². The largest absolute Gasteiger partial charge is 0.493 e. The summed E-state index contributed by atoms with van der Waals surface area (Å²) in [5.74, 6) is 1.25. The average molecular weight is 345 g/mol. The minimum atomic E-state index is -0.0536. The van der Waals surface area contributed by atoms with Crippen molar-refractivity contribution >= 4 is 26.9 Å². The molecule has 3 aromatic rings. The van der Waals surface area contributed by atoms with Gasteiger partial charge in [0.1, 0.15) is 17.1 Å². The lowest BCUT2D eigenvalue weighted by molar-refractivity contribution is 0.345. The van der Waals surface area contributed by atoms with Crippen LogP contribution >= 0.6 is 15.9 Å². The van der Waals surface area contributed by atoms with Gasteiger partial charge < -0.3 is 9.15 Å². The highest BCUT2D eigenvalue weighted by Crippen LogP contribution is 2.24. The minimum Gasteiger partial charge on any atom is -0.493 e. The molecule has 4 heteroatoms. The quantitative estimate of drug-likeness (QED) is 0.664. The first-order valence-electron chi connectivity index (χ1n) is 6.60. The second-order valence-electron chi connectivity index (χ2n) is 4.54. The van der Waals surface area contributed by atoms with Gasteiger partial charge in [0.25, 0.3) is 0 Å².